The van der Waals surface area contributed by atoms with Crippen molar-refractivity contribution in [1.29, 1.82) is 5.41 Å². The van der Waals surface area contributed by atoms with E-state index in [9.17, 15) is 4.79 Å². The van der Waals surface area contributed by atoms with E-state index in [4.69, 9.17) is 5.41 Å². The fraction of sp³-hybridized carbons (Fsp3) is 0.350. The van der Waals surface area contributed by atoms with Gasteiger partial charge in [0, 0.05) is 17.7 Å². The molecular weight excluding hydrogens is 392 g/mol. The molecule has 1 saturated carbocycles. The Bertz CT molecular complexity index is 878. The number of nitrogens with one attached hydrogen (secondary N) is 2. The second kappa shape index (κ2) is 6.20. The first kappa shape index (κ1) is 17.2. The van der Waals surface area contributed by atoms with E-state index in [-0.39, 0.29) is 11.9 Å². The first-order valence-electron chi connectivity index (χ1n) is 8.76. The summed E-state index contributed by atoms with van der Waals surface area (Å²) in [5, 5.41) is 11.4. The van der Waals surface area contributed by atoms with Crippen LogP contribution in [0.15, 0.2) is 47.1 Å². The highest BCUT2D eigenvalue weighted by molar-refractivity contribution is 9.10. The number of pyridine rings is 1. The largest absolute Gasteiger partial charge is 0.344 e. The molecule has 0 bridgehead atoms. The number of halogens is 1. The Labute approximate surface area is 161 Å². The van der Waals surface area contributed by atoms with Gasteiger partial charge in [0.2, 0.25) is 5.91 Å². The lowest BCUT2D eigenvalue weighted by Gasteiger charge is -2.45. The van der Waals surface area contributed by atoms with Gasteiger partial charge in [0.1, 0.15) is 0 Å². The SMILES string of the molecule is CN1C(=N)N[C@](C)(c2cc(Br)ccn2)[C@H](c2ccc(C3CC3)cc2)C1=O. The normalized spacial score (nSPS) is 26.0. The van der Waals surface area contributed by atoms with Gasteiger partial charge >= 0.3 is 0 Å². The van der Waals surface area contributed by atoms with Crippen LogP contribution in [0.25, 0.3) is 0 Å². The molecule has 1 saturated heterocycles. The van der Waals surface area contributed by atoms with E-state index in [1.54, 1.807) is 13.2 Å². The summed E-state index contributed by atoms with van der Waals surface area (Å²) >= 11 is 3.49. The zero-order valence-corrected chi connectivity index (χ0v) is 16.4. The summed E-state index contributed by atoms with van der Waals surface area (Å²) in [6.07, 6.45) is 4.22. The minimum Gasteiger partial charge on any atom is -0.344 e. The number of likely N-dealkylation sites (N-methyl/N-ethyl adjacent to an activating group) is 1. The summed E-state index contributed by atoms with van der Waals surface area (Å²) in [6, 6.07) is 12.1. The molecule has 1 amide bonds. The monoisotopic (exact) mass is 412 g/mol. The van der Waals surface area contributed by atoms with Crippen molar-refractivity contribution >= 4 is 27.8 Å². The second-order valence-corrected chi connectivity index (χ2v) is 8.22. The maximum absolute atomic E-state index is 13.1. The number of carbonyl (C=O) groups excluding carboxylic acids is 1. The second-order valence-electron chi connectivity index (χ2n) is 7.31. The van der Waals surface area contributed by atoms with E-state index < -0.39 is 11.5 Å². The van der Waals surface area contributed by atoms with E-state index in [0.717, 1.165) is 15.7 Å². The van der Waals surface area contributed by atoms with Crippen LogP contribution in [-0.2, 0) is 10.3 Å². The van der Waals surface area contributed by atoms with Crippen molar-refractivity contribution in [3.8, 4) is 0 Å². The van der Waals surface area contributed by atoms with Crippen LogP contribution in [0.2, 0.25) is 0 Å². The highest BCUT2D eigenvalue weighted by atomic mass is 79.9. The lowest BCUT2D eigenvalue weighted by atomic mass is 9.75. The number of benzene rings is 1. The molecule has 1 aliphatic heterocycles. The minimum atomic E-state index is -0.800. The van der Waals surface area contributed by atoms with Crippen molar-refractivity contribution in [2.75, 3.05) is 7.05 Å². The van der Waals surface area contributed by atoms with Gasteiger partial charge in [0.05, 0.1) is 17.2 Å². The van der Waals surface area contributed by atoms with Gasteiger partial charge in [-0.05, 0) is 48.9 Å². The van der Waals surface area contributed by atoms with Crippen molar-refractivity contribution in [2.45, 2.75) is 37.1 Å². The van der Waals surface area contributed by atoms with Gasteiger partial charge in [-0.25, -0.2) is 0 Å². The molecule has 2 aromatic rings. The van der Waals surface area contributed by atoms with E-state index in [1.807, 2.05) is 19.1 Å². The van der Waals surface area contributed by atoms with Crippen molar-refractivity contribution in [3.63, 3.8) is 0 Å². The number of nitrogens with zero attached hydrogens (tertiary/aromatic N) is 2. The summed E-state index contributed by atoms with van der Waals surface area (Å²) in [7, 11) is 1.64. The van der Waals surface area contributed by atoms with E-state index in [0.29, 0.717) is 5.92 Å². The lowest BCUT2D eigenvalue weighted by molar-refractivity contribution is -0.131. The molecule has 0 unspecified atom stereocenters. The standard InChI is InChI=1S/C20H21BrN4O/c1-20(16-11-15(21)9-10-23-16)17(18(26)25(2)19(22)24-20)14-7-5-13(6-8-14)12-3-4-12/h5-12,17H,3-4H2,1-2H3,(H2,22,24)/t17-,20-/m1/s1. The number of carbonyl (C=O) groups is 1. The Kier molecular flexibility index (Phi) is 4.10. The summed E-state index contributed by atoms with van der Waals surface area (Å²) < 4.78 is 0.895. The third kappa shape index (κ3) is 2.82. The Balaban J connectivity index is 1.80. The molecule has 2 heterocycles. The summed E-state index contributed by atoms with van der Waals surface area (Å²) in [4.78, 5) is 19.0. The molecule has 2 atom stereocenters. The maximum atomic E-state index is 13.1. The predicted octanol–water partition coefficient (Wildman–Crippen LogP) is 3.72. The van der Waals surface area contributed by atoms with Crippen molar-refractivity contribution in [3.05, 3.63) is 63.9 Å². The molecule has 6 heteroatoms. The third-order valence-corrected chi connectivity index (χ3v) is 5.93. The first-order chi connectivity index (χ1) is 12.4. The quantitative estimate of drug-likeness (QED) is 0.806. The van der Waals surface area contributed by atoms with E-state index in [1.165, 1.54) is 23.3 Å². The van der Waals surface area contributed by atoms with Gasteiger partial charge in [-0.3, -0.25) is 20.1 Å². The zero-order valence-electron chi connectivity index (χ0n) is 14.8. The molecule has 0 radical (unpaired) electrons. The van der Waals surface area contributed by atoms with Crippen LogP contribution in [0.5, 0.6) is 0 Å². The smallest absolute Gasteiger partial charge is 0.239 e. The number of aromatic nitrogens is 1. The Morgan fingerprint density at radius 3 is 2.50 bits per heavy atom. The molecule has 134 valence electrons. The number of hydrogen-bond donors (Lipinski definition) is 2. The highest BCUT2D eigenvalue weighted by Crippen LogP contribution is 2.43. The number of amides is 1. The Morgan fingerprint density at radius 2 is 1.88 bits per heavy atom. The first-order valence-corrected chi connectivity index (χ1v) is 9.55. The number of rotatable bonds is 3. The molecule has 4 rings (SSSR count). The summed E-state index contributed by atoms with van der Waals surface area (Å²) in [6.45, 7) is 1.95. The minimum absolute atomic E-state index is 0.0881. The van der Waals surface area contributed by atoms with Crippen molar-refractivity contribution < 1.29 is 4.79 Å². The van der Waals surface area contributed by atoms with Gasteiger partial charge in [-0.15, -0.1) is 0 Å². The van der Waals surface area contributed by atoms with Crippen LogP contribution in [0.3, 0.4) is 0 Å². The summed E-state index contributed by atoms with van der Waals surface area (Å²) in [5.74, 6) is 0.206. The van der Waals surface area contributed by atoms with Crippen LogP contribution in [0.1, 0.15) is 48.4 Å². The van der Waals surface area contributed by atoms with Crippen LogP contribution in [-0.4, -0.2) is 28.8 Å². The van der Waals surface area contributed by atoms with Crippen LogP contribution < -0.4 is 5.32 Å². The van der Waals surface area contributed by atoms with Crippen LogP contribution in [0.4, 0.5) is 0 Å². The van der Waals surface area contributed by atoms with Gasteiger partial charge in [0.25, 0.3) is 0 Å². The molecule has 1 aliphatic carbocycles. The Hall–Kier alpha value is -2.21. The predicted molar refractivity (Wildman–Crippen MR) is 104 cm³/mol. The van der Waals surface area contributed by atoms with Gasteiger partial charge in [-0.2, -0.15) is 0 Å². The highest BCUT2D eigenvalue weighted by Gasteiger charge is 2.49. The third-order valence-electron chi connectivity index (χ3n) is 5.44. The number of guanidine groups is 1. The molecule has 0 spiro atoms. The lowest BCUT2D eigenvalue weighted by Crippen LogP contribution is -2.62. The van der Waals surface area contributed by atoms with Gasteiger partial charge in [-0.1, -0.05) is 40.2 Å². The molecule has 2 N–H and O–H groups in total. The van der Waals surface area contributed by atoms with Crippen LogP contribution >= 0.6 is 15.9 Å². The molecule has 26 heavy (non-hydrogen) atoms. The maximum Gasteiger partial charge on any atom is 0.239 e. The topological polar surface area (TPSA) is 69.1 Å². The number of hydrogen-bond acceptors (Lipinski definition) is 3. The fourth-order valence-corrected chi connectivity index (χ4v) is 4.04. The van der Waals surface area contributed by atoms with E-state index in [2.05, 4.69) is 50.5 Å². The van der Waals surface area contributed by atoms with Crippen molar-refractivity contribution in [1.82, 2.24) is 15.2 Å². The van der Waals surface area contributed by atoms with Crippen molar-refractivity contribution in [2.24, 2.45) is 0 Å². The average Bonchev–Trinajstić information content (AvgIpc) is 3.46. The molecular formula is C20H21BrN4O. The fourth-order valence-electron chi connectivity index (χ4n) is 3.71. The molecule has 1 aromatic carbocycles. The molecule has 2 aliphatic rings. The summed E-state index contributed by atoms with van der Waals surface area (Å²) in [5.41, 5.74) is 2.21. The zero-order chi connectivity index (χ0) is 18.5. The molecule has 2 fully saturated rings. The Morgan fingerprint density at radius 1 is 1.23 bits per heavy atom. The van der Waals surface area contributed by atoms with Gasteiger partial charge in [0.15, 0.2) is 5.96 Å². The van der Waals surface area contributed by atoms with E-state index >= 15 is 0 Å². The average molecular weight is 413 g/mol. The molecule has 1 aromatic heterocycles. The van der Waals surface area contributed by atoms with Crippen LogP contribution in [0, 0.1) is 5.41 Å². The molecule has 5 nitrogen and oxygen atoms in total. The van der Waals surface area contributed by atoms with Gasteiger partial charge < -0.3 is 5.32 Å².